The van der Waals surface area contributed by atoms with Gasteiger partial charge < -0.3 is 0 Å². The van der Waals surface area contributed by atoms with Crippen LogP contribution in [0.1, 0.15) is 5.56 Å². The highest BCUT2D eigenvalue weighted by Gasteiger charge is 2.04. The molecule has 0 aromatic heterocycles. The molecule has 1 nitrogen and oxygen atoms in total. The van der Waals surface area contributed by atoms with Crippen LogP contribution in [0.2, 0.25) is 20.1 Å². The molecule has 0 amide bonds. The van der Waals surface area contributed by atoms with Crippen LogP contribution in [0.5, 0.6) is 0 Å². The SMILES string of the molecule is Clc1cccc(C=Nc2cc(Cl)c(Cl)cc2Cl)c1. The Bertz CT molecular complexity index is 608. The minimum Gasteiger partial charge on any atom is -0.255 e. The second-order valence-electron chi connectivity index (χ2n) is 3.53. The van der Waals surface area contributed by atoms with E-state index in [-0.39, 0.29) is 0 Å². The van der Waals surface area contributed by atoms with Gasteiger partial charge in [0.05, 0.1) is 20.8 Å². The number of rotatable bonds is 2. The molecule has 2 aromatic carbocycles. The molecule has 0 heterocycles. The largest absolute Gasteiger partial charge is 0.255 e. The van der Waals surface area contributed by atoms with Gasteiger partial charge in [-0.3, -0.25) is 4.99 Å². The van der Waals surface area contributed by atoms with E-state index in [4.69, 9.17) is 46.4 Å². The molecular formula is C13H7Cl4N. The minimum atomic E-state index is 0.406. The molecule has 18 heavy (non-hydrogen) atoms. The van der Waals surface area contributed by atoms with E-state index in [1.807, 2.05) is 12.1 Å². The Morgan fingerprint density at radius 1 is 0.833 bits per heavy atom. The Hall–Kier alpha value is -0.730. The third-order valence-corrected chi connectivity index (χ3v) is 3.45. The smallest absolute Gasteiger partial charge is 0.0831 e. The van der Waals surface area contributed by atoms with Crippen LogP contribution in [0.15, 0.2) is 41.4 Å². The molecule has 2 aromatic rings. The monoisotopic (exact) mass is 317 g/mol. The molecule has 0 unspecified atom stereocenters. The van der Waals surface area contributed by atoms with Gasteiger partial charge in [0.1, 0.15) is 0 Å². The van der Waals surface area contributed by atoms with E-state index in [0.717, 1.165) is 5.56 Å². The molecule has 0 aliphatic rings. The molecular weight excluding hydrogens is 312 g/mol. The van der Waals surface area contributed by atoms with E-state index < -0.39 is 0 Å². The molecule has 0 radical (unpaired) electrons. The molecule has 0 fully saturated rings. The van der Waals surface area contributed by atoms with Gasteiger partial charge in [0.15, 0.2) is 0 Å². The van der Waals surface area contributed by atoms with E-state index in [1.54, 1.807) is 30.5 Å². The van der Waals surface area contributed by atoms with Gasteiger partial charge >= 0.3 is 0 Å². The number of hydrogen-bond donors (Lipinski definition) is 0. The lowest BCUT2D eigenvalue weighted by Crippen LogP contribution is -1.80. The zero-order valence-electron chi connectivity index (χ0n) is 9.00. The molecule has 0 spiro atoms. The van der Waals surface area contributed by atoms with Gasteiger partial charge in [-0.25, -0.2) is 0 Å². The van der Waals surface area contributed by atoms with Crippen LogP contribution in [0.4, 0.5) is 5.69 Å². The first-order valence-corrected chi connectivity index (χ1v) is 6.51. The third-order valence-electron chi connectivity index (χ3n) is 2.19. The van der Waals surface area contributed by atoms with E-state index in [1.165, 1.54) is 0 Å². The van der Waals surface area contributed by atoms with Crippen molar-refractivity contribution in [2.24, 2.45) is 4.99 Å². The summed E-state index contributed by atoms with van der Waals surface area (Å²) >= 11 is 23.6. The lowest BCUT2D eigenvalue weighted by Gasteiger charge is -2.01. The van der Waals surface area contributed by atoms with Crippen molar-refractivity contribution in [2.75, 3.05) is 0 Å². The van der Waals surface area contributed by atoms with Crippen LogP contribution in [0.3, 0.4) is 0 Å². The first-order valence-electron chi connectivity index (χ1n) is 5.00. The van der Waals surface area contributed by atoms with Crippen LogP contribution < -0.4 is 0 Å². The van der Waals surface area contributed by atoms with Gasteiger partial charge in [0.2, 0.25) is 0 Å². The van der Waals surface area contributed by atoms with Gasteiger partial charge in [0, 0.05) is 11.2 Å². The third kappa shape index (κ3) is 3.39. The van der Waals surface area contributed by atoms with Crippen molar-refractivity contribution in [3.8, 4) is 0 Å². The van der Waals surface area contributed by atoms with Crippen LogP contribution in [-0.4, -0.2) is 6.21 Å². The summed E-state index contributed by atoms with van der Waals surface area (Å²) in [4.78, 5) is 4.26. The second-order valence-corrected chi connectivity index (χ2v) is 5.19. The fourth-order valence-electron chi connectivity index (χ4n) is 1.34. The van der Waals surface area contributed by atoms with Crippen LogP contribution in [0.25, 0.3) is 0 Å². The minimum absolute atomic E-state index is 0.406. The molecule has 0 aliphatic heterocycles. The molecule has 0 N–H and O–H groups in total. The summed E-state index contributed by atoms with van der Waals surface area (Å²) in [7, 11) is 0. The maximum absolute atomic E-state index is 6.02. The van der Waals surface area contributed by atoms with Gasteiger partial charge in [-0.05, 0) is 29.8 Å². The van der Waals surface area contributed by atoms with Crippen molar-refractivity contribution in [3.63, 3.8) is 0 Å². The first kappa shape index (κ1) is 13.7. The van der Waals surface area contributed by atoms with Crippen molar-refractivity contribution in [2.45, 2.75) is 0 Å². The second kappa shape index (κ2) is 5.94. The highest BCUT2D eigenvalue weighted by Crippen LogP contribution is 2.33. The quantitative estimate of drug-likeness (QED) is 0.472. The Morgan fingerprint density at radius 2 is 1.56 bits per heavy atom. The lowest BCUT2D eigenvalue weighted by molar-refractivity contribution is 1.52. The molecule has 0 atom stereocenters. The maximum Gasteiger partial charge on any atom is 0.0831 e. The molecule has 92 valence electrons. The zero-order valence-corrected chi connectivity index (χ0v) is 12.0. The summed E-state index contributed by atoms with van der Waals surface area (Å²) < 4.78 is 0. The van der Waals surface area contributed by atoms with E-state index in [0.29, 0.717) is 25.8 Å². The van der Waals surface area contributed by atoms with Crippen LogP contribution in [0, 0.1) is 0 Å². The van der Waals surface area contributed by atoms with E-state index >= 15 is 0 Å². The zero-order chi connectivity index (χ0) is 13.1. The van der Waals surface area contributed by atoms with E-state index in [9.17, 15) is 0 Å². The highest BCUT2D eigenvalue weighted by atomic mass is 35.5. The van der Waals surface area contributed by atoms with Gasteiger partial charge in [0.25, 0.3) is 0 Å². The predicted octanol–water partition coefficient (Wildman–Crippen LogP) is 6.05. The molecule has 0 saturated carbocycles. The molecule has 5 heteroatoms. The Labute approximate surface area is 125 Å². The number of aliphatic imine (C=N–C) groups is 1. The lowest BCUT2D eigenvalue weighted by atomic mass is 10.2. The fraction of sp³-hybridized carbons (Fsp3) is 0. The normalized spacial score (nSPS) is 11.1. The van der Waals surface area contributed by atoms with Gasteiger partial charge in [-0.15, -0.1) is 0 Å². The number of hydrogen-bond acceptors (Lipinski definition) is 1. The van der Waals surface area contributed by atoms with Crippen molar-refractivity contribution in [1.82, 2.24) is 0 Å². The predicted molar refractivity (Wildman–Crippen MR) is 80.2 cm³/mol. The number of benzene rings is 2. The van der Waals surface area contributed by atoms with E-state index in [2.05, 4.69) is 4.99 Å². The van der Waals surface area contributed by atoms with Crippen molar-refractivity contribution in [3.05, 3.63) is 62.1 Å². The Morgan fingerprint density at radius 3 is 2.28 bits per heavy atom. The average molecular weight is 319 g/mol. The highest BCUT2D eigenvalue weighted by molar-refractivity contribution is 6.44. The number of nitrogens with zero attached hydrogens (tertiary/aromatic N) is 1. The van der Waals surface area contributed by atoms with Gasteiger partial charge in [-0.1, -0.05) is 58.5 Å². The van der Waals surface area contributed by atoms with Crippen molar-refractivity contribution in [1.29, 1.82) is 0 Å². The summed E-state index contributed by atoms with van der Waals surface area (Å²) in [5.41, 5.74) is 1.44. The molecule has 2 rings (SSSR count). The number of halogens is 4. The van der Waals surface area contributed by atoms with Crippen LogP contribution in [-0.2, 0) is 0 Å². The topological polar surface area (TPSA) is 12.4 Å². The summed E-state index contributed by atoms with van der Waals surface area (Å²) in [6.07, 6.45) is 1.66. The van der Waals surface area contributed by atoms with Crippen molar-refractivity contribution >= 4 is 58.3 Å². The average Bonchev–Trinajstić information content (AvgIpc) is 2.32. The summed E-state index contributed by atoms with van der Waals surface area (Å²) in [5, 5.41) is 1.92. The van der Waals surface area contributed by atoms with Crippen molar-refractivity contribution < 1.29 is 0 Å². The molecule has 0 bridgehead atoms. The fourth-order valence-corrected chi connectivity index (χ4v) is 2.13. The maximum atomic E-state index is 6.02. The standard InChI is InChI=1S/C13H7Cl4N/c14-9-3-1-2-8(4-9)7-18-13-6-11(16)10(15)5-12(13)17/h1-7H. The summed E-state index contributed by atoms with van der Waals surface area (Å²) in [6, 6.07) is 10.5. The van der Waals surface area contributed by atoms with Crippen LogP contribution >= 0.6 is 46.4 Å². The molecule has 0 aliphatic carbocycles. The summed E-state index contributed by atoms with van der Waals surface area (Å²) in [5.74, 6) is 0. The molecule has 0 saturated heterocycles. The first-order chi connectivity index (χ1) is 8.56. The Balaban J connectivity index is 2.32. The summed E-state index contributed by atoms with van der Waals surface area (Å²) in [6.45, 7) is 0. The Kier molecular flexibility index (Phi) is 4.52. The van der Waals surface area contributed by atoms with Gasteiger partial charge in [-0.2, -0.15) is 0 Å².